The second kappa shape index (κ2) is 6.39. The molecule has 0 spiro atoms. The van der Waals surface area contributed by atoms with Gasteiger partial charge in [-0.25, -0.2) is 0 Å². The van der Waals surface area contributed by atoms with Crippen molar-refractivity contribution in [2.45, 2.75) is 44.5 Å². The molecule has 136 valence electrons. The molecule has 6 heteroatoms. The summed E-state index contributed by atoms with van der Waals surface area (Å²) >= 11 is 0. The monoisotopic (exact) mass is 360 g/mol. The quantitative estimate of drug-likeness (QED) is 0.546. The van der Waals surface area contributed by atoms with Gasteiger partial charge in [-0.1, -0.05) is 67.9 Å². The molecule has 0 heterocycles. The van der Waals surface area contributed by atoms with E-state index in [0.29, 0.717) is 11.1 Å². The Morgan fingerprint density at radius 2 is 1.00 bits per heavy atom. The van der Waals surface area contributed by atoms with Crippen LogP contribution in [-0.4, -0.2) is 12.4 Å². The highest BCUT2D eigenvalue weighted by Crippen LogP contribution is 2.56. The third-order valence-corrected chi connectivity index (χ3v) is 4.35. The normalized spacial score (nSPS) is 13.4. The van der Waals surface area contributed by atoms with Gasteiger partial charge in [-0.2, -0.15) is 26.3 Å². The topological polar surface area (TPSA) is 0 Å². The summed E-state index contributed by atoms with van der Waals surface area (Å²) < 4.78 is 83.3. The lowest BCUT2D eigenvalue weighted by Gasteiger charge is -2.38. The predicted octanol–water partition coefficient (Wildman–Crippen LogP) is 6.53. The lowest BCUT2D eigenvalue weighted by molar-refractivity contribution is -0.288. The largest absolute Gasteiger partial charge is 0.411 e. The average molecular weight is 360 g/mol. The first-order valence-electron chi connectivity index (χ1n) is 7.72. The molecule has 0 aliphatic carbocycles. The highest BCUT2D eigenvalue weighted by molar-refractivity contribution is 5.45. The van der Waals surface area contributed by atoms with E-state index in [4.69, 9.17) is 0 Å². The minimum Gasteiger partial charge on any atom is -0.169 e. The van der Waals surface area contributed by atoms with E-state index in [0.717, 1.165) is 24.3 Å². The van der Waals surface area contributed by atoms with E-state index in [1.807, 2.05) is 13.8 Å². The number of benzene rings is 2. The Bertz CT molecular complexity index is 692. The minimum atomic E-state index is -5.54. The van der Waals surface area contributed by atoms with Gasteiger partial charge < -0.3 is 0 Å². The molecule has 2 rings (SSSR count). The first-order chi connectivity index (χ1) is 11.4. The zero-order chi connectivity index (χ0) is 19.0. The molecule has 0 N–H and O–H groups in total. The summed E-state index contributed by atoms with van der Waals surface area (Å²) in [7, 11) is 0. The van der Waals surface area contributed by atoms with Crippen LogP contribution in [0.2, 0.25) is 0 Å². The maximum absolute atomic E-state index is 13.9. The summed E-state index contributed by atoms with van der Waals surface area (Å²) in [6.45, 7) is 5.23. The van der Waals surface area contributed by atoms with Crippen LogP contribution in [0.15, 0.2) is 48.5 Å². The summed E-state index contributed by atoms with van der Waals surface area (Å²) in [6, 6.07) is 8.79. The van der Waals surface area contributed by atoms with E-state index in [-0.39, 0.29) is 5.92 Å². The Balaban J connectivity index is 2.81. The third kappa shape index (κ3) is 3.26. The van der Waals surface area contributed by atoms with Gasteiger partial charge in [-0.15, -0.1) is 0 Å². The van der Waals surface area contributed by atoms with Crippen LogP contribution in [0.25, 0.3) is 0 Å². The molecule has 0 radical (unpaired) electrons. The minimum absolute atomic E-state index is 0.000372. The average Bonchev–Trinajstić information content (AvgIpc) is 2.47. The van der Waals surface area contributed by atoms with Crippen LogP contribution < -0.4 is 0 Å². The van der Waals surface area contributed by atoms with E-state index in [2.05, 4.69) is 0 Å². The number of hydrogen-bond donors (Lipinski definition) is 0. The first kappa shape index (κ1) is 19.3. The number of hydrogen-bond acceptors (Lipinski definition) is 0. The molecule has 0 unspecified atom stereocenters. The highest BCUT2D eigenvalue weighted by Gasteiger charge is 2.72. The van der Waals surface area contributed by atoms with Crippen LogP contribution in [0.3, 0.4) is 0 Å². The molecular formula is C19H18F6. The zero-order valence-electron chi connectivity index (χ0n) is 14.0. The number of alkyl halides is 6. The van der Waals surface area contributed by atoms with Crippen molar-refractivity contribution in [3.8, 4) is 0 Å². The van der Waals surface area contributed by atoms with Crippen molar-refractivity contribution in [2.24, 2.45) is 0 Å². The molecule has 0 atom stereocenters. The fraction of sp³-hybridized carbons (Fsp3) is 0.368. The van der Waals surface area contributed by atoms with Crippen LogP contribution in [0, 0.1) is 6.92 Å². The van der Waals surface area contributed by atoms with Gasteiger partial charge in [0.25, 0.3) is 0 Å². The fourth-order valence-corrected chi connectivity index (χ4v) is 2.90. The van der Waals surface area contributed by atoms with Crippen molar-refractivity contribution >= 4 is 0 Å². The van der Waals surface area contributed by atoms with Gasteiger partial charge >= 0.3 is 12.4 Å². The molecule has 2 aromatic rings. The Hall–Kier alpha value is -1.98. The SMILES string of the molecule is Cc1ccc(C(c2ccc(C(C)C)cc2)(C(F)(F)F)C(F)(F)F)cc1. The second-order valence-corrected chi connectivity index (χ2v) is 6.39. The van der Waals surface area contributed by atoms with E-state index in [1.165, 1.54) is 24.3 Å². The lowest BCUT2D eigenvalue weighted by atomic mass is 9.72. The van der Waals surface area contributed by atoms with Crippen LogP contribution >= 0.6 is 0 Å². The summed E-state index contributed by atoms with van der Waals surface area (Å²) in [6.07, 6.45) is -11.1. The fourth-order valence-electron chi connectivity index (χ4n) is 2.90. The molecular weight excluding hydrogens is 342 g/mol. The van der Waals surface area contributed by atoms with Crippen molar-refractivity contribution in [2.75, 3.05) is 0 Å². The highest BCUT2D eigenvalue weighted by atomic mass is 19.4. The smallest absolute Gasteiger partial charge is 0.169 e. The van der Waals surface area contributed by atoms with Gasteiger partial charge in [0.2, 0.25) is 5.41 Å². The van der Waals surface area contributed by atoms with E-state index in [1.54, 1.807) is 6.92 Å². The Morgan fingerprint density at radius 1 is 0.640 bits per heavy atom. The van der Waals surface area contributed by atoms with Crippen molar-refractivity contribution in [3.05, 3.63) is 70.8 Å². The molecule has 2 aromatic carbocycles. The summed E-state index contributed by atoms with van der Waals surface area (Å²) in [5.41, 5.74) is -4.48. The molecule has 0 amide bonds. The molecule has 0 aliphatic rings. The molecule has 0 bridgehead atoms. The van der Waals surface area contributed by atoms with Gasteiger partial charge in [0.1, 0.15) is 0 Å². The van der Waals surface area contributed by atoms with Crippen LogP contribution in [0.5, 0.6) is 0 Å². The number of aryl methyl sites for hydroxylation is 1. The van der Waals surface area contributed by atoms with Crippen LogP contribution in [-0.2, 0) is 5.41 Å². The Kier molecular flexibility index (Phi) is 4.94. The first-order valence-corrected chi connectivity index (χ1v) is 7.72. The lowest BCUT2D eigenvalue weighted by Crippen LogP contribution is -2.54. The second-order valence-electron chi connectivity index (χ2n) is 6.39. The number of halogens is 6. The van der Waals surface area contributed by atoms with Crippen LogP contribution in [0.4, 0.5) is 26.3 Å². The van der Waals surface area contributed by atoms with E-state index < -0.39 is 28.9 Å². The van der Waals surface area contributed by atoms with Gasteiger partial charge in [0.15, 0.2) is 0 Å². The Labute approximate surface area is 142 Å². The van der Waals surface area contributed by atoms with Gasteiger partial charge in [-0.05, 0) is 29.5 Å². The molecule has 25 heavy (non-hydrogen) atoms. The van der Waals surface area contributed by atoms with Gasteiger partial charge in [0, 0.05) is 0 Å². The molecule has 0 aromatic heterocycles. The predicted molar refractivity (Wildman–Crippen MR) is 84.6 cm³/mol. The molecule has 0 saturated heterocycles. The van der Waals surface area contributed by atoms with Crippen LogP contribution in [0.1, 0.15) is 42.0 Å². The number of rotatable bonds is 3. The maximum atomic E-state index is 13.9. The Morgan fingerprint density at radius 3 is 1.32 bits per heavy atom. The van der Waals surface area contributed by atoms with E-state index >= 15 is 0 Å². The van der Waals surface area contributed by atoms with Crippen molar-refractivity contribution < 1.29 is 26.3 Å². The van der Waals surface area contributed by atoms with Crippen molar-refractivity contribution in [3.63, 3.8) is 0 Å². The summed E-state index contributed by atoms with van der Waals surface area (Å²) in [4.78, 5) is 0. The standard InChI is InChI=1S/C19H18F6/c1-12(2)14-6-10-16(11-7-14)17(18(20,21)22,19(23,24)25)15-8-4-13(3)5-9-15/h4-12H,1-3H3. The molecule has 0 aliphatic heterocycles. The molecule has 0 nitrogen and oxygen atoms in total. The molecule has 0 fully saturated rings. The zero-order valence-corrected chi connectivity index (χ0v) is 14.0. The maximum Gasteiger partial charge on any atom is 0.411 e. The summed E-state index contributed by atoms with van der Waals surface area (Å²) in [5, 5.41) is 0. The summed E-state index contributed by atoms with van der Waals surface area (Å²) in [5.74, 6) is -0.000372. The van der Waals surface area contributed by atoms with Gasteiger partial charge in [0.05, 0.1) is 0 Å². The van der Waals surface area contributed by atoms with Crippen molar-refractivity contribution in [1.29, 1.82) is 0 Å². The van der Waals surface area contributed by atoms with Gasteiger partial charge in [-0.3, -0.25) is 0 Å². The molecule has 0 saturated carbocycles. The third-order valence-electron chi connectivity index (χ3n) is 4.35. The van der Waals surface area contributed by atoms with Crippen molar-refractivity contribution in [1.82, 2.24) is 0 Å². The van der Waals surface area contributed by atoms with E-state index in [9.17, 15) is 26.3 Å².